The predicted octanol–water partition coefficient (Wildman–Crippen LogP) is 4.39. The van der Waals surface area contributed by atoms with E-state index in [1.165, 1.54) is 17.0 Å². The van der Waals surface area contributed by atoms with Crippen LogP contribution in [-0.4, -0.2) is 59.5 Å². The van der Waals surface area contributed by atoms with E-state index < -0.39 is 50.1 Å². The summed E-state index contributed by atoms with van der Waals surface area (Å²) in [5, 5.41) is 2.64. The fraction of sp³-hybridized carbons (Fsp3) is 0.267. The van der Waals surface area contributed by atoms with Gasteiger partial charge in [-0.1, -0.05) is 72.8 Å². The molecule has 0 spiro atoms. The van der Waals surface area contributed by atoms with Gasteiger partial charge in [-0.3, -0.25) is 28.6 Å². The van der Waals surface area contributed by atoms with E-state index in [4.69, 9.17) is 9.05 Å². The minimum atomic E-state index is -3.63. The third-order valence-corrected chi connectivity index (χ3v) is 8.31. The van der Waals surface area contributed by atoms with Crippen molar-refractivity contribution < 1.29 is 32.8 Å². The Hall–Kier alpha value is -4.11. The highest BCUT2D eigenvalue weighted by Crippen LogP contribution is 2.46. The van der Waals surface area contributed by atoms with Crippen molar-refractivity contribution in [1.29, 1.82) is 0 Å². The molecule has 1 heterocycles. The van der Waals surface area contributed by atoms with Crippen molar-refractivity contribution in [3.05, 3.63) is 107 Å². The Morgan fingerprint density at radius 3 is 1.88 bits per heavy atom. The van der Waals surface area contributed by atoms with Crippen LogP contribution in [-0.2, 0) is 29.7 Å². The van der Waals surface area contributed by atoms with Gasteiger partial charge in [0.1, 0.15) is 18.9 Å². The molecule has 1 aliphatic heterocycles. The second-order valence-corrected chi connectivity index (χ2v) is 11.3. The normalized spacial score (nSPS) is 13.6. The minimum absolute atomic E-state index is 0.00437. The zero-order valence-electron chi connectivity index (χ0n) is 22.9. The first kappa shape index (κ1) is 29.9. The highest BCUT2D eigenvalue weighted by molar-refractivity contribution is 7.53. The third-order valence-electron chi connectivity index (χ3n) is 6.46. The number of fused-ring (bicyclic) bond motifs is 1. The van der Waals surface area contributed by atoms with Gasteiger partial charge in [0.05, 0.1) is 24.3 Å². The number of rotatable bonds is 13. The number of nitrogens with zero attached hydrogens (tertiary/aromatic N) is 2. The Labute approximate surface area is 238 Å². The Bertz CT molecular complexity index is 1400. The molecule has 0 fully saturated rings. The molecule has 1 N–H and O–H groups in total. The lowest BCUT2D eigenvalue weighted by Crippen LogP contribution is -2.48. The lowest BCUT2D eigenvalue weighted by atomic mass is 10.0. The van der Waals surface area contributed by atoms with Crippen LogP contribution < -0.4 is 5.32 Å². The van der Waals surface area contributed by atoms with E-state index in [2.05, 4.69) is 5.32 Å². The average Bonchev–Trinajstić information content (AvgIpc) is 3.22. The van der Waals surface area contributed by atoms with Crippen LogP contribution in [0.2, 0.25) is 0 Å². The summed E-state index contributed by atoms with van der Waals surface area (Å²) in [5.41, 5.74) is 1.66. The largest absolute Gasteiger partial charge is 0.349 e. The van der Waals surface area contributed by atoms with Crippen LogP contribution in [0.15, 0.2) is 84.9 Å². The Kier molecular flexibility index (Phi) is 9.83. The second kappa shape index (κ2) is 13.5. The molecule has 1 unspecified atom stereocenters. The second-order valence-electron chi connectivity index (χ2n) is 9.21. The zero-order chi connectivity index (χ0) is 29.4. The highest BCUT2D eigenvalue weighted by atomic mass is 31.2. The topological polar surface area (TPSA) is 122 Å². The van der Waals surface area contributed by atoms with E-state index >= 15 is 0 Å². The maximum Gasteiger partial charge on any atom is 0.349 e. The molecule has 10 nitrogen and oxygen atoms in total. The van der Waals surface area contributed by atoms with Crippen molar-refractivity contribution in [3.8, 4) is 0 Å². The van der Waals surface area contributed by atoms with Gasteiger partial charge in [0.15, 0.2) is 0 Å². The van der Waals surface area contributed by atoms with Gasteiger partial charge in [0.25, 0.3) is 11.8 Å². The van der Waals surface area contributed by atoms with Gasteiger partial charge >= 0.3 is 7.60 Å². The molecule has 0 saturated heterocycles. The van der Waals surface area contributed by atoms with Crippen LogP contribution in [0, 0.1) is 0 Å². The van der Waals surface area contributed by atoms with E-state index in [-0.39, 0.29) is 30.9 Å². The van der Waals surface area contributed by atoms with Crippen LogP contribution >= 0.6 is 7.60 Å². The molecule has 0 saturated carbocycles. The summed E-state index contributed by atoms with van der Waals surface area (Å²) in [7, 11) is -3.63. The highest BCUT2D eigenvalue weighted by Gasteiger charge is 2.40. The molecule has 0 bridgehead atoms. The molecular weight excluding hydrogens is 545 g/mol. The molecular formula is C30H32N3O7P. The fourth-order valence-electron chi connectivity index (χ4n) is 4.61. The van der Waals surface area contributed by atoms with E-state index in [0.29, 0.717) is 5.56 Å². The monoisotopic (exact) mass is 577 g/mol. The SMILES string of the molecule is CCOP(=O)(CNC(=O)C(c1ccccc1)N(Cc1ccccc1)C(=O)CN1C(=O)c2ccccc2C1=O)OCC. The van der Waals surface area contributed by atoms with Gasteiger partial charge in [0, 0.05) is 6.54 Å². The number of hydrogen-bond acceptors (Lipinski definition) is 7. The van der Waals surface area contributed by atoms with Crippen molar-refractivity contribution in [1.82, 2.24) is 15.1 Å². The van der Waals surface area contributed by atoms with Gasteiger partial charge in [-0.2, -0.15) is 0 Å². The predicted molar refractivity (Wildman–Crippen MR) is 152 cm³/mol. The Morgan fingerprint density at radius 2 is 1.34 bits per heavy atom. The van der Waals surface area contributed by atoms with Crippen LogP contribution in [0.1, 0.15) is 51.7 Å². The first-order valence-corrected chi connectivity index (χ1v) is 15.0. The minimum Gasteiger partial charge on any atom is -0.342 e. The molecule has 3 aromatic rings. The smallest absolute Gasteiger partial charge is 0.342 e. The molecule has 41 heavy (non-hydrogen) atoms. The van der Waals surface area contributed by atoms with Gasteiger partial charge in [-0.05, 0) is 37.1 Å². The summed E-state index contributed by atoms with van der Waals surface area (Å²) in [6.07, 6.45) is -0.400. The van der Waals surface area contributed by atoms with Crippen molar-refractivity contribution in [2.75, 3.05) is 26.0 Å². The summed E-state index contributed by atoms with van der Waals surface area (Å²) in [6.45, 7) is 3.01. The molecule has 0 aromatic heterocycles. The van der Waals surface area contributed by atoms with Gasteiger partial charge in [0.2, 0.25) is 11.8 Å². The zero-order valence-corrected chi connectivity index (χ0v) is 23.8. The summed E-state index contributed by atoms with van der Waals surface area (Å²) < 4.78 is 23.7. The van der Waals surface area contributed by atoms with Gasteiger partial charge in [-0.25, -0.2) is 0 Å². The van der Waals surface area contributed by atoms with Crippen LogP contribution in [0.25, 0.3) is 0 Å². The van der Waals surface area contributed by atoms with Crippen molar-refractivity contribution >= 4 is 31.2 Å². The molecule has 4 amide bonds. The molecule has 4 rings (SSSR count). The van der Waals surface area contributed by atoms with Gasteiger partial charge < -0.3 is 19.3 Å². The summed E-state index contributed by atoms with van der Waals surface area (Å²) >= 11 is 0. The summed E-state index contributed by atoms with van der Waals surface area (Å²) in [6, 6.07) is 22.9. The lowest BCUT2D eigenvalue weighted by molar-refractivity contribution is -0.141. The van der Waals surface area contributed by atoms with E-state index in [1.807, 2.05) is 6.07 Å². The summed E-state index contributed by atoms with van der Waals surface area (Å²) in [4.78, 5) is 56.0. The van der Waals surface area contributed by atoms with Gasteiger partial charge in [-0.15, -0.1) is 0 Å². The fourth-order valence-corrected chi connectivity index (χ4v) is 6.01. The molecule has 11 heteroatoms. The van der Waals surface area contributed by atoms with Crippen LogP contribution in [0.3, 0.4) is 0 Å². The average molecular weight is 578 g/mol. The number of carbonyl (C=O) groups is 4. The number of carbonyl (C=O) groups excluding carboxylic acids is 4. The Balaban J connectivity index is 1.68. The van der Waals surface area contributed by atoms with E-state index in [1.54, 1.807) is 80.6 Å². The molecule has 1 aliphatic rings. The number of imide groups is 1. The third kappa shape index (κ3) is 6.97. The molecule has 214 valence electrons. The van der Waals surface area contributed by atoms with Crippen molar-refractivity contribution in [2.24, 2.45) is 0 Å². The van der Waals surface area contributed by atoms with Crippen molar-refractivity contribution in [3.63, 3.8) is 0 Å². The number of amides is 4. The van der Waals surface area contributed by atoms with Crippen molar-refractivity contribution in [2.45, 2.75) is 26.4 Å². The lowest BCUT2D eigenvalue weighted by Gasteiger charge is -2.33. The van der Waals surface area contributed by atoms with E-state index in [9.17, 15) is 23.7 Å². The first-order chi connectivity index (χ1) is 19.8. The van der Waals surface area contributed by atoms with E-state index in [0.717, 1.165) is 10.5 Å². The molecule has 3 aromatic carbocycles. The number of nitrogens with one attached hydrogen (secondary N) is 1. The van der Waals surface area contributed by atoms with Crippen LogP contribution in [0.4, 0.5) is 0 Å². The number of hydrogen-bond donors (Lipinski definition) is 1. The Morgan fingerprint density at radius 1 is 0.829 bits per heavy atom. The summed E-state index contributed by atoms with van der Waals surface area (Å²) in [5.74, 6) is -2.39. The molecule has 0 radical (unpaired) electrons. The quantitative estimate of drug-likeness (QED) is 0.236. The molecule has 0 aliphatic carbocycles. The van der Waals surface area contributed by atoms with Crippen LogP contribution in [0.5, 0.6) is 0 Å². The maximum absolute atomic E-state index is 14.0. The first-order valence-electron chi connectivity index (χ1n) is 13.3. The molecule has 1 atom stereocenters. The maximum atomic E-state index is 14.0. The standard InChI is InChI=1S/C30H32N3O7P/c1-3-39-41(38,40-4-2)21-31-28(35)27(23-15-9-6-10-16-23)32(19-22-13-7-5-8-14-22)26(34)20-33-29(36)24-17-11-12-18-25(24)30(33)37/h5-18,27H,3-4,19-21H2,1-2H3,(H,31,35). The number of benzene rings is 3.